The van der Waals surface area contributed by atoms with Gasteiger partial charge >= 0.3 is 0 Å². The van der Waals surface area contributed by atoms with E-state index < -0.39 is 5.60 Å². The molecule has 0 amide bonds. The Morgan fingerprint density at radius 3 is 2.58 bits per heavy atom. The van der Waals surface area contributed by atoms with Gasteiger partial charge in [-0.15, -0.1) is 0 Å². The lowest BCUT2D eigenvalue weighted by molar-refractivity contribution is -0.110. The molecule has 0 aliphatic heterocycles. The normalized spacial score (nSPS) is 51.8. The van der Waals surface area contributed by atoms with Crippen molar-refractivity contribution in [1.82, 2.24) is 0 Å². The molecule has 2 saturated carbocycles. The molecule has 0 aromatic rings. The summed E-state index contributed by atoms with van der Waals surface area (Å²) in [6, 6.07) is 0. The average Bonchev–Trinajstić information content (AvgIpc) is 2.77. The highest BCUT2D eigenvalue weighted by atomic mass is 16.4. The Hall–Kier alpha value is -1.42. The number of nitrogens with zero attached hydrogens (tertiary/aromatic N) is 1. The summed E-state index contributed by atoms with van der Waals surface area (Å²) >= 11 is 0. The van der Waals surface area contributed by atoms with Crippen molar-refractivity contribution in [1.29, 1.82) is 0 Å². The van der Waals surface area contributed by atoms with E-state index in [2.05, 4.69) is 31.2 Å². The van der Waals surface area contributed by atoms with Gasteiger partial charge in [0.05, 0.1) is 5.60 Å². The molecule has 0 spiro atoms. The molecule has 4 heteroatoms. The minimum absolute atomic E-state index is 0.0333. The van der Waals surface area contributed by atoms with E-state index in [-0.39, 0.29) is 22.3 Å². The lowest BCUT2D eigenvalue weighted by Gasteiger charge is -2.56. The highest BCUT2D eigenvalue weighted by Crippen LogP contribution is 2.65. The quantitative estimate of drug-likeness (QED) is 0.528. The summed E-state index contributed by atoms with van der Waals surface area (Å²) in [7, 11) is 0. The summed E-state index contributed by atoms with van der Waals surface area (Å²) in [6.45, 7) is 6.48. The first-order valence-corrected chi connectivity index (χ1v) is 9.11. The lowest BCUT2D eigenvalue weighted by Crippen LogP contribution is -2.53. The van der Waals surface area contributed by atoms with Crippen molar-refractivity contribution in [3.63, 3.8) is 0 Å². The van der Waals surface area contributed by atoms with Gasteiger partial charge in [-0.05, 0) is 67.4 Å². The van der Waals surface area contributed by atoms with Crippen LogP contribution in [-0.4, -0.2) is 27.4 Å². The number of ketones is 1. The second kappa shape index (κ2) is 4.81. The van der Waals surface area contributed by atoms with Crippen LogP contribution in [0.4, 0.5) is 0 Å². The van der Waals surface area contributed by atoms with E-state index in [1.165, 1.54) is 0 Å². The largest absolute Gasteiger partial charge is 0.411 e. The Balaban J connectivity index is 1.77. The first-order valence-electron chi connectivity index (χ1n) is 9.11. The fraction of sp³-hybridized carbons (Fsp3) is 0.700. The number of carbonyl (C=O) groups is 1. The van der Waals surface area contributed by atoms with Crippen LogP contribution in [0.2, 0.25) is 0 Å². The minimum Gasteiger partial charge on any atom is -0.411 e. The molecule has 130 valence electrons. The number of allylic oxidation sites excluding steroid dienone is 4. The topological polar surface area (TPSA) is 69.9 Å². The summed E-state index contributed by atoms with van der Waals surface area (Å²) < 4.78 is 0. The summed E-state index contributed by atoms with van der Waals surface area (Å²) in [5.41, 5.74) is 0.587. The molecule has 6 atom stereocenters. The molecule has 0 unspecified atom stereocenters. The fourth-order valence-corrected chi connectivity index (χ4v) is 6.26. The molecule has 2 N–H and O–H groups in total. The Labute approximate surface area is 143 Å². The van der Waals surface area contributed by atoms with E-state index in [4.69, 9.17) is 0 Å². The summed E-state index contributed by atoms with van der Waals surface area (Å²) in [5, 5.41) is 23.4. The molecule has 0 radical (unpaired) electrons. The van der Waals surface area contributed by atoms with Crippen LogP contribution in [0.25, 0.3) is 0 Å². The highest BCUT2D eigenvalue weighted by molar-refractivity contribution is 6.45. The maximum atomic E-state index is 12.1. The zero-order valence-electron chi connectivity index (χ0n) is 14.7. The molecular formula is C20H27NO3. The molecular weight excluding hydrogens is 302 g/mol. The van der Waals surface area contributed by atoms with Crippen LogP contribution < -0.4 is 0 Å². The molecule has 0 aromatic heterocycles. The molecule has 2 fully saturated rings. The van der Waals surface area contributed by atoms with Gasteiger partial charge in [-0.1, -0.05) is 31.2 Å². The number of hydrogen-bond acceptors (Lipinski definition) is 4. The van der Waals surface area contributed by atoms with Crippen LogP contribution in [0.5, 0.6) is 0 Å². The van der Waals surface area contributed by atoms with Gasteiger partial charge in [0.25, 0.3) is 0 Å². The van der Waals surface area contributed by atoms with Crippen molar-refractivity contribution in [2.24, 2.45) is 33.7 Å². The van der Waals surface area contributed by atoms with Crippen molar-refractivity contribution < 1.29 is 15.1 Å². The van der Waals surface area contributed by atoms with Crippen molar-refractivity contribution in [3.8, 4) is 0 Å². The molecule has 24 heavy (non-hydrogen) atoms. The summed E-state index contributed by atoms with van der Waals surface area (Å²) in [6.07, 6.45) is 10.6. The third kappa shape index (κ3) is 1.83. The smallest absolute Gasteiger partial charge is 0.203 e. The Morgan fingerprint density at radius 2 is 1.88 bits per heavy atom. The van der Waals surface area contributed by atoms with Crippen molar-refractivity contribution >= 4 is 11.5 Å². The van der Waals surface area contributed by atoms with Crippen molar-refractivity contribution in [2.45, 2.75) is 58.5 Å². The number of carbonyl (C=O) groups excluding carboxylic acids is 1. The number of hydrogen-bond donors (Lipinski definition) is 2. The van der Waals surface area contributed by atoms with Gasteiger partial charge in [0.15, 0.2) is 0 Å². The predicted octanol–water partition coefficient (Wildman–Crippen LogP) is 3.49. The molecule has 0 saturated heterocycles. The second-order valence-electron chi connectivity index (χ2n) is 9.02. The number of fused-ring (bicyclic) bond motifs is 5. The van der Waals surface area contributed by atoms with Crippen LogP contribution in [0.3, 0.4) is 0 Å². The highest BCUT2D eigenvalue weighted by Gasteiger charge is 2.61. The van der Waals surface area contributed by atoms with Gasteiger partial charge in [0.1, 0.15) is 5.71 Å². The fourth-order valence-electron chi connectivity index (χ4n) is 6.26. The standard InChI is InChI=1S/C20H27NO3/c1-18-11-16(21-24)17(22)10-12(18)4-5-13-14(18)6-8-19(2)15(13)7-9-20(19,3)23/h4-5,10,13-15,23-24H,6-9,11H2,1-3H3/b21-16-/t13-,14+,15+,18+,19+,20+/m1/s1. The lowest BCUT2D eigenvalue weighted by atomic mass is 9.48. The zero-order valence-corrected chi connectivity index (χ0v) is 14.7. The maximum Gasteiger partial charge on any atom is 0.203 e. The van der Waals surface area contributed by atoms with Crippen molar-refractivity contribution in [2.75, 3.05) is 0 Å². The van der Waals surface area contributed by atoms with Crippen LogP contribution in [0, 0.1) is 28.6 Å². The number of aliphatic hydroxyl groups is 1. The van der Waals surface area contributed by atoms with E-state index >= 15 is 0 Å². The first-order chi connectivity index (χ1) is 11.2. The van der Waals surface area contributed by atoms with Gasteiger partial charge in [0, 0.05) is 11.8 Å². The second-order valence-corrected chi connectivity index (χ2v) is 9.02. The van der Waals surface area contributed by atoms with Gasteiger partial charge in [-0.2, -0.15) is 0 Å². The van der Waals surface area contributed by atoms with E-state index in [0.717, 1.165) is 31.3 Å². The Kier molecular flexibility index (Phi) is 3.22. The maximum absolute atomic E-state index is 12.1. The average molecular weight is 329 g/mol. The van der Waals surface area contributed by atoms with E-state index in [1.807, 2.05) is 6.92 Å². The van der Waals surface area contributed by atoms with Crippen LogP contribution in [0.15, 0.2) is 29.0 Å². The third-order valence-electron chi connectivity index (χ3n) is 8.10. The molecule has 0 heterocycles. The molecule has 4 aliphatic carbocycles. The Morgan fingerprint density at radius 1 is 1.17 bits per heavy atom. The van der Waals surface area contributed by atoms with Crippen molar-refractivity contribution in [3.05, 3.63) is 23.8 Å². The summed E-state index contributed by atoms with van der Waals surface area (Å²) in [4.78, 5) is 12.1. The van der Waals surface area contributed by atoms with E-state index in [0.29, 0.717) is 24.2 Å². The van der Waals surface area contributed by atoms with E-state index in [1.54, 1.807) is 6.08 Å². The Bertz CT molecular complexity index is 689. The zero-order chi connectivity index (χ0) is 17.3. The molecule has 4 nitrogen and oxygen atoms in total. The number of oxime groups is 1. The number of rotatable bonds is 0. The van der Waals surface area contributed by atoms with Crippen LogP contribution >= 0.6 is 0 Å². The molecule has 4 rings (SSSR count). The first kappa shape index (κ1) is 16.1. The van der Waals surface area contributed by atoms with Gasteiger partial charge in [0.2, 0.25) is 5.78 Å². The van der Waals surface area contributed by atoms with Gasteiger partial charge in [-0.25, -0.2) is 0 Å². The van der Waals surface area contributed by atoms with Gasteiger partial charge < -0.3 is 10.3 Å². The molecule has 0 bridgehead atoms. The molecule has 4 aliphatic rings. The monoisotopic (exact) mass is 329 g/mol. The van der Waals surface area contributed by atoms with Crippen LogP contribution in [0.1, 0.15) is 52.9 Å². The third-order valence-corrected chi connectivity index (χ3v) is 8.10. The SMILES string of the molecule is C[C@]12C/C(=N/O)C(=O)C=C1C=C[C@@H]1[C@@H]2CC[C@@]2(C)[C@H]1CC[C@]2(C)O. The minimum atomic E-state index is -0.590. The predicted molar refractivity (Wildman–Crippen MR) is 91.8 cm³/mol. The van der Waals surface area contributed by atoms with Gasteiger partial charge in [-0.3, -0.25) is 4.79 Å². The van der Waals surface area contributed by atoms with E-state index in [9.17, 15) is 15.1 Å². The van der Waals surface area contributed by atoms with Crippen LogP contribution in [-0.2, 0) is 4.79 Å². The summed E-state index contributed by atoms with van der Waals surface area (Å²) in [5.74, 6) is 1.17. The molecule has 0 aromatic carbocycles.